The van der Waals surface area contributed by atoms with Crippen molar-refractivity contribution in [3.63, 3.8) is 0 Å². The van der Waals surface area contributed by atoms with E-state index in [-0.39, 0.29) is 0 Å². The maximum atomic E-state index is 4.70. The van der Waals surface area contributed by atoms with Crippen molar-refractivity contribution in [1.82, 2.24) is 0 Å². The molecule has 0 rings (SSSR count). The molecular weight excluding hydrogens is 624 g/mol. The second-order valence-electron chi connectivity index (χ2n) is 12.1. The van der Waals surface area contributed by atoms with Crippen LogP contribution >= 0.6 is 36.2 Å². The average Bonchev–Trinajstić information content (AvgIpc) is 2.98. The number of unbranched alkanes of at least 4 members (excludes halogenated alkanes) is 18. The summed E-state index contributed by atoms with van der Waals surface area (Å²) in [5.41, 5.74) is 0. The van der Waals surface area contributed by atoms with Crippen LogP contribution in [0.15, 0.2) is 0 Å². The summed E-state index contributed by atoms with van der Waals surface area (Å²) in [5.74, 6) is 0. The van der Waals surface area contributed by atoms with E-state index in [1.165, 1.54) is 154 Å². The molecule has 0 amide bonds. The zero-order valence-corrected chi connectivity index (χ0v) is 33.5. The van der Waals surface area contributed by atoms with Crippen LogP contribution in [0.5, 0.6) is 0 Å². The molecule has 256 valence electrons. The van der Waals surface area contributed by atoms with Gasteiger partial charge in [-0.05, 0) is 75.5 Å². The summed E-state index contributed by atoms with van der Waals surface area (Å²) in [7, 11) is 10.2. The third-order valence-electron chi connectivity index (χ3n) is 7.97. The molecule has 41 heavy (non-hydrogen) atoms. The van der Waals surface area contributed by atoms with Crippen molar-refractivity contribution in [2.45, 2.75) is 196 Å². The molecule has 0 heterocycles. The number of halogens is 2. The molecule has 0 radical (unpaired) electrons. The number of hydrogen-bond acceptors (Lipinski definition) is 0. The Labute approximate surface area is 280 Å². The average molecular weight is 703 g/mol. The zero-order chi connectivity index (χ0) is 31.1. The van der Waals surface area contributed by atoms with Gasteiger partial charge >= 0.3 is 33.0 Å². The van der Waals surface area contributed by atoms with E-state index in [2.05, 4.69) is 41.5 Å². The monoisotopic (exact) mass is 700 g/mol. The summed E-state index contributed by atoms with van der Waals surface area (Å²) >= 11 is 0.569. The fraction of sp³-hybridized carbons (Fsp3) is 1.00. The fourth-order valence-electron chi connectivity index (χ4n) is 5.24. The van der Waals surface area contributed by atoms with Crippen LogP contribution in [0.3, 0.4) is 0 Å². The van der Waals surface area contributed by atoms with E-state index in [1.54, 1.807) is 37.0 Å². The number of rotatable bonds is 30. The van der Waals surface area contributed by atoms with Gasteiger partial charge < -0.3 is 0 Å². The molecule has 5 heteroatoms. The summed E-state index contributed by atoms with van der Waals surface area (Å²) in [6.07, 6.45) is 44.5. The van der Waals surface area contributed by atoms with E-state index in [0.29, 0.717) is 28.5 Å². The van der Waals surface area contributed by atoms with Crippen molar-refractivity contribution >= 4 is 36.2 Å². The van der Waals surface area contributed by atoms with Crippen molar-refractivity contribution in [2.24, 2.45) is 0 Å². The minimum absolute atomic E-state index is 0.389. The normalized spacial score (nSPS) is 11.1. The van der Waals surface area contributed by atoms with Gasteiger partial charge in [-0.3, -0.25) is 0 Å². The molecule has 0 aliphatic rings. The Hall–Kier alpha value is 1.93. The summed E-state index contributed by atoms with van der Waals surface area (Å²) in [5, 5.41) is 0. The molecule has 0 unspecified atom stereocenters. The molecule has 0 aromatic heterocycles. The molecule has 0 saturated heterocycles. The maximum absolute atomic E-state index is 4.70. The third-order valence-corrected chi connectivity index (χ3v) is 13.7. The first-order valence-electron chi connectivity index (χ1n) is 18.4. The molecule has 0 saturated carbocycles. The van der Waals surface area contributed by atoms with Gasteiger partial charge in [0.25, 0.3) is 0 Å². The molecular formula is C36H78Cl2NiP2. The molecule has 0 atom stereocenters. The molecule has 0 nitrogen and oxygen atoms in total. The predicted molar refractivity (Wildman–Crippen MR) is 200 cm³/mol. The molecule has 0 bridgehead atoms. The second-order valence-corrected chi connectivity index (χ2v) is 19.1. The Kier molecular flexibility index (Phi) is 53.5. The van der Waals surface area contributed by atoms with E-state index < -0.39 is 0 Å². The van der Waals surface area contributed by atoms with Crippen LogP contribution in [0.1, 0.15) is 196 Å². The van der Waals surface area contributed by atoms with Gasteiger partial charge in [0, 0.05) is 0 Å². The van der Waals surface area contributed by atoms with Crippen LogP contribution in [0, 0.1) is 0 Å². The Morgan fingerprint density at radius 2 is 0.439 bits per heavy atom. The van der Waals surface area contributed by atoms with Crippen molar-refractivity contribution < 1.29 is 12.7 Å². The summed E-state index contributed by atoms with van der Waals surface area (Å²) in [6.45, 7) is 13.9. The van der Waals surface area contributed by atoms with Crippen LogP contribution < -0.4 is 0 Å². The quantitative estimate of drug-likeness (QED) is 0.0397. The zero-order valence-electron chi connectivity index (χ0n) is 29.2. The van der Waals surface area contributed by atoms with Crippen molar-refractivity contribution in [2.75, 3.05) is 37.0 Å². The Morgan fingerprint density at radius 1 is 0.293 bits per heavy atom. The SMILES string of the molecule is CCCCCCP(CCCCCC)CCCCCC.CCCCCCP(CCCCCC)CCCCCC.[Cl][Ni][Cl]. The minimum atomic E-state index is 0.389. The molecule has 0 aromatic rings. The first-order chi connectivity index (χ1) is 20.1. The molecule has 0 aromatic carbocycles. The van der Waals surface area contributed by atoms with Gasteiger partial charge in [-0.25, -0.2) is 0 Å². The molecule has 0 N–H and O–H groups in total. The van der Waals surface area contributed by atoms with Crippen molar-refractivity contribution in [1.29, 1.82) is 0 Å². The van der Waals surface area contributed by atoms with Gasteiger partial charge in [0.15, 0.2) is 0 Å². The van der Waals surface area contributed by atoms with Gasteiger partial charge in [0.1, 0.15) is 0 Å². The first kappa shape index (κ1) is 47.3. The van der Waals surface area contributed by atoms with E-state index in [9.17, 15) is 0 Å². The Bertz CT molecular complexity index is 322. The fourth-order valence-corrected chi connectivity index (χ4v) is 10.6. The predicted octanol–water partition coefficient (Wildman–Crippen LogP) is 15.8. The van der Waals surface area contributed by atoms with Crippen LogP contribution in [0.2, 0.25) is 0 Å². The summed E-state index contributed by atoms with van der Waals surface area (Å²) in [6, 6.07) is 0. The Morgan fingerprint density at radius 3 is 0.561 bits per heavy atom. The van der Waals surface area contributed by atoms with Crippen LogP contribution in [-0.2, 0) is 12.7 Å². The van der Waals surface area contributed by atoms with E-state index in [4.69, 9.17) is 20.4 Å². The van der Waals surface area contributed by atoms with E-state index in [0.717, 1.165) is 0 Å². The third kappa shape index (κ3) is 46.5. The van der Waals surface area contributed by atoms with Crippen molar-refractivity contribution in [3.8, 4) is 0 Å². The van der Waals surface area contributed by atoms with Gasteiger partial charge in [0.2, 0.25) is 0 Å². The standard InChI is InChI=1S/2C18H39P.2ClH.Ni/c2*1-4-7-10-13-16-19(17-14-11-8-5-2)18-15-12-9-6-3;;;/h2*4-18H2,1-3H3;2*1H;/q;;;;+2/p-2. The van der Waals surface area contributed by atoms with Crippen LogP contribution in [-0.4, -0.2) is 37.0 Å². The van der Waals surface area contributed by atoms with Crippen molar-refractivity contribution in [3.05, 3.63) is 0 Å². The van der Waals surface area contributed by atoms with E-state index >= 15 is 0 Å². The topological polar surface area (TPSA) is 0 Å². The Balaban J connectivity index is -0.000000642. The van der Waals surface area contributed by atoms with E-state index in [1.807, 2.05) is 0 Å². The van der Waals surface area contributed by atoms with Gasteiger partial charge in [-0.2, -0.15) is 0 Å². The van der Waals surface area contributed by atoms with Gasteiger partial charge in [-0.1, -0.05) is 157 Å². The number of hydrogen-bond donors (Lipinski definition) is 0. The van der Waals surface area contributed by atoms with Gasteiger partial charge in [-0.15, -0.1) is 15.8 Å². The first-order valence-corrected chi connectivity index (χ1v) is 24.9. The van der Waals surface area contributed by atoms with Crippen LogP contribution in [0.25, 0.3) is 0 Å². The molecule has 0 aliphatic carbocycles. The van der Waals surface area contributed by atoms with Gasteiger partial charge in [0.05, 0.1) is 0 Å². The molecule has 0 spiro atoms. The van der Waals surface area contributed by atoms with Crippen LogP contribution in [0.4, 0.5) is 0 Å². The summed E-state index contributed by atoms with van der Waals surface area (Å²) in [4.78, 5) is 0. The summed E-state index contributed by atoms with van der Waals surface area (Å²) < 4.78 is 0. The molecule has 0 aliphatic heterocycles. The second kappa shape index (κ2) is 46.4. The molecule has 0 fully saturated rings.